The first-order chi connectivity index (χ1) is 16.5. The maximum atomic E-state index is 14.6. The van der Waals surface area contributed by atoms with Gasteiger partial charge in [-0.05, 0) is 67.4 Å². The molecule has 180 valence electrons. The zero-order valence-corrected chi connectivity index (χ0v) is 20.0. The molecule has 0 aromatic heterocycles. The van der Waals surface area contributed by atoms with Gasteiger partial charge in [-0.3, -0.25) is 9.59 Å². The second-order valence-electron chi connectivity index (χ2n) is 9.38. The average Bonchev–Trinajstić information content (AvgIpc) is 3.72. The van der Waals surface area contributed by atoms with E-state index >= 15 is 0 Å². The Morgan fingerprint density at radius 3 is 2.44 bits per heavy atom. The fourth-order valence-corrected chi connectivity index (χ4v) is 4.84. The van der Waals surface area contributed by atoms with Gasteiger partial charge in [-0.15, -0.1) is 0 Å². The van der Waals surface area contributed by atoms with Crippen molar-refractivity contribution in [2.24, 2.45) is 11.8 Å². The van der Waals surface area contributed by atoms with Crippen molar-refractivity contribution in [2.45, 2.75) is 38.1 Å². The minimum Gasteiger partial charge on any atom is -0.497 e. The predicted molar refractivity (Wildman–Crippen MR) is 131 cm³/mol. The van der Waals surface area contributed by atoms with E-state index < -0.39 is 11.7 Å². The number of ether oxygens (including phenoxy) is 1. The summed E-state index contributed by atoms with van der Waals surface area (Å²) in [6.45, 7) is 0.971. The van der Waals surface area contributed by atoms with Gasteiger partial charge in [0.1, 0.15) is 5.75 Å². The molecule has 1 aliphatic heterocycles. The molecule has 0 N–H and O–H groups in total. The molecule has 1 saturated heterocycles. The maximum Gasteiger partial charge on any atom is 0.282 e. The summed E-state index contributed by atoms with van der Waals surface area (Å²) in [6.07, 6.45) is 5.43. The second kappa shape index (κ2) is 10.9. The highest BCUT2D eigenvalue weighted by atomic mass is 19.1. The smallest absolute Gasteiger partial charge is 0.282 e. The van der Waals surface area contributed by atoms with Crippen molar-refractivity contribution in [3.05, 3.63) is 71.6 Å². The van der Waals surface area contributed by atoms with Crippen LogP contribution in [0.25, 0.3) is 6.08 Å². The second-order valence-corrected chi connectivity index (χ2v) is 9.38. The van der Waals surface area contributed by atoms with E-state index in [4.69, 9.17) is 4.74 Å². The van der Waals surface area contributed by atoms with E-state index in [-0.39, 0.29) is 23.8 Å². The maximum absolute atomic E-state index is 14.6. The predicted octanol–water partition coefficient (Wildman–Crippen LogP) is 4.72. The third-order valence-electron chi connectivity index (χ3n) is 7.02. The number of benzene rings is 2. The van der Waals surface area contributed by atoms with E-state index in [1.54, 1.807) is 24.1 Å². The molecular weight excluding hydrogens is 431 g/mol. The molecule has 0 spiro atoms. The van der Waals surface area contributed by atoms with Crippen molar-refractivity contribution >= 4 is 17.9 Å². The van der Waals surface area contributed by atoms with Gasteiger partial charge in [-0.1, -0.05) is 42.5 Å². The zero-order chi connectivity index (χ0) is 24.1. The molecule has 1 unspecified atom stereocenters. The number of carbonyl (C=O) groups is 2. The third kappa shape index (κ3) is 5.85. The van der Waals surface area contributed by atoms with Crippen LogP contribution < -0.4 is 4.74 Å². The molecule has 1 atom stereocenters. The monoisotopic (exact) mass is 464 g/mol. The standard InChI is InChI=1S/C28H33FN2O3/c1-30(27(32)23-11-12-23)26(19-21-9-6-10-24(17-21)34-2)22-13-15-31(16-14-22)28(33)25(29)18-20-7-4-3-5-8-20/h3-10,17-18,22-23,26H,11-16,19H2,1-2H3/b25-18-. The molecular formula is C28H33FN2O3. The zero-order valence-electron chi connectivity index (χ0n) is 20.0. The number of likely N-dealkylation sites (tertiary alicyclic amines) is 1. The van der Waals surface area contributed by atoms with Crippen LogP contribution in [0, 0.1) is 11.8 Å². The van der Waals surface area contributed by atoms with Crippen molar-refractivity contribution in [2.75, 3.05) is 27.2 Å². The van der Waals surface area contributed by atoms with Crippen LogP contribution in [0.5, 0.6) is 5.75 Å². The summed E-state index contributed by atoms with van der Waals surface area (Å²) in [5.41, 5.74) is 1.79. The molecule has 1 aliphatic carbocycles. The lowest BCUT2D eigenvalue weighted by atomic mass is 9.84. The van der Waals surface area contributed by atoms with Gasteiger partial charge in [-0.2, -0.15) is 0 Å². The molecule has 0 bridgehead atoms. The number of carbonyl (C=O) groups excluding carboxylic acids is 2. The molecule has 2 fully saturated rings. The largest absolute Gasteiger partial charge is 0.497 e. The Balaban J connectivity index is 1.44. The number of amides is 2. The first kappa shape index (κ1) is 24.0. The van der Waals surface area contributed by atoms with Crippen LogP contribution in [0.2, 0.25) is 0 Å². The van der Waals surface area contributed by atoms with Gasteiger partial charge in [0.25, 0.3) is 5.91 Å². The molecule has 4 rings (SSSR count). The van der Waals surface area contributed by atoms with Crippen LogP contribution in [0.3, 0.4) is 0 Å². The van der Waals surface area contributed by atoms with Gasteiger partial charge in [0.2, 0.25) is 5.91 Å². The van der Waals surface area contributed by atoms with E-state index in [1.807, 2.05) is 48.3 Å². The minimum atomic E-state index is -0.737. The summed E-state index contributed by atoms with van der Waals surface area (Å²) in [7, 11) is 3.56. The van der Waals surface area contributed by atoms with Crippen LogP contribution in [0.15, 0.2) is 60.4 Å². The number of hydrogen-bond donors (Lipinski definition) is 0. The summed E-state index contributed by atoms with van der Waals surface area (Å²) < 4.78 is 20.0. The van der Waals surface area contributed by atoms with Crippen molar-refractivity contribution in [1.29, 1.82) is 0 Å². The lowest BCUT2D eigenvalue weighted by molar-refractivity contribution is -0.136. The highest BCUT2D eigenvalue weighted by molar-refractivity contribution is 5.95. The molecule has 2 aromatic rings. The van der Waals surface area contributed by atoms with Crippen molar-refractivity contribution in [1.82, 2.24) is 9.80 Å². The van der Waals surface area contributed by atoms with E-state index in [9.17, 15) is 14.0 Å². The van der Waals surface area contributed by atoms with Crippen LogP contribution in [-0.4, -0.2) is 54.9 Å². The van der Waals surface area contributed by atoms with Gasteiger partial charge in [-0.25, -0.2) is 4.39 Å². The Hall–Kier alpha value is -3.15. The van der Waals surface area contributed by atoms with Crippen LogP contribution in [0.1, 0.15) is 36.8 Å². The summed E-state index contributed by atoms with van der Waals surface area (Å²) in [6, 6.07) is 17.0. The highest BCUT2D eigenvalue weighted by Gasteiger charge is 2.38. The summed E-state index contributed by atoms with van der Waals surface area (Å²) in [4.78, 5) is 29.1. The topological polar surface area (TPSA) is 49.9 Å². The fourth-order valence-electron chi connectivity index (χ4n) is 4.84. The van der Waals surface area contributed by atoms with Gasteiger partial charge in [0.05, 0.1) is 7.11 Å². The Morgan fingerprint density at radius 1 is 1.09 bits per heavy atom. The molecule has 34 heavy (non-hydrogen) atoms. The molecule has 1 saturated carbocycles. The van der Waals surface area contributed by atoms with Crippen LogP contribution in [-0.2, 0) is 16.0 Å². The van der Waals surface area contributed by atoms with Crippen LogP contribution in [0.4, 0.5) is 4.39 Å². The van der Waals surface area contributed by atoms with Gasteiger partial charge >= 0.3 is 0 Å². The quantitative estimate of drug-likeness (QED) is 0.531. The first-order valence-electron chi connectivity index (χ1n) is 12.1. The number of halogens is 1. The normalized spacial score (nSPS) is 17.9. The molecule has 0 radical (unpaired) electrons. The van der Waals surface area contributed by atoms with E-state index in [0.717, 1.165) is 43.4 Å². The summed E-state index contributed by atoms with van der Waals surface area (Å²) in [5, 5.41) is 0. The first-order valence-corrected chi connectivity index (χ1v) is 12.1. The van der Waals surface area contributed by atoms with Gasteiger partial charge in [0.15, 0.2) is 5.83 Å². The minimum absolute atomic E-state index is 0.0298. The van der Waals surface area contributed by atoms with E-state index in [2.05, 4.69) is 6.07 Å². The van der Waals surface area contributed by atoms with Gasteiger partial charge in [0, 0.05) is 32.1 Å². The van der Waals surface area contributed by atoms with E-state index in [0.29, 0.717) is 18.7 Å². The van der Waals surface area contributed by atoms with Crippen molar-refractivity contribution in [3.8, 4) is 5.75 Å². The average molecular weight is 465 g/mol. The van der Waals surface area contributed by atoms with Crippen molar-refractivity contribution in [3.63, 3.8) is 0 Å². The number of hydrogen-bond acceptors (Lipinski definition) is 3. The SMILES string of the molecule is COc1cccc(CC(C2CCN(C(=O)/C(F)=C/c3ccccc3)CC2)N(C)C(=O)C2CC2)c1. The van der Waals surface area contributed by atoms with Gasteiger partial charge < -0.3 is 14.5 Å². The Labute approximate surface area is 201 Å². The Morgan fingerprint density at radius 2 is 1.79 bits per heavy atom. The van der Waals surface area contributed by atoms with E-state index in [1.165, 1.54) is 6.08 Å². The highest BCUT2D eigenvalue weighted by Crippen LogP contribution is 2.34. The number of nitrogens with zero attached hydrogens (tertiary/aromatic N) is 2. The summed E-state index contributed by atoms with van der Waals surface area (Å²) >= 11 is 0. The lowest BCUT2D eigenvalue weighted by Crippen LogP contribution is -2.49. The van der Waals surface area contributed by atoms with Crippen molar-refractivity contribution < 1.29 is 18.7 Å². The number of methoxy groups -OCH3 is 1. The molecule has 1 heterocycles. The third-order valence-corrected chi connectivity index (χ3v) is 7.02. The molecule has 6 heteroatoms. The molecule has 2 amide bonds. The van der Waals surface area contributed by atoms with Crippen LogP contribution >= 0.6 is 0 Å². The Kier molecular flexibility index (Phi) is 7.66. The molecule has 5 nitrogen and oxygen atoms in total. The lowest BCUT2D eigenvalue weighted by Gasteiger charge is -2.40. The molecule has 2 aromatic carbocycles. The number of piperidine rings is 1. The number of likely N-dealkylation sites (N-methyl/N-ethyl adjacent to an activating group) is 1. The molecule has 2 aliphatic rings. The fraction of sp³-hybridized carbons (Fsp3) is 0.429. The number of rotatable bonds is 8. The Bertz CT molecular complexity index is 1030. The summed E-state index contributed by atoms with van der Waals surface area (Å²) in [5.74, 6) is 0.102.